The predicted octanol–water partition coefficient (Wildman–Crippen LogP) is 3.91. The number of amidine groups is 1. The van der Waals surface area contributed by atoms with Gasteiger partial charge >= 0.3 is 0 Å². The second-order valence-corrected chi connectivity index (χ2v) is 10.3. The molecular formula is C25H22N6OS. The van der Waals surface area contributed by atoms with E-state index in [0.29, 0.717) is 29.6 Å². The van der Waals surface area contributed by atoms with Crippen LogP contribution in [0.2, 0.25) is 0 Å². The van der Waals surface area contributed by atoms with Gasteiger partial charge in [0.1, 0.15) is 10.8 Å². The van der Waals surface area contributed by atoms with Crippen molar-refractivity contribution in [1.29, 1.82) is 5.26 Å². The third-order valence-corrected chi connectivity index (χ3v) is 8.90. The molecule has 0 aromatic carbocycles. The van der Waals surface area contributed by atoms with Crippen LogP contribution in [0.1, 0.15) is 60.6 Å². The highest BCUT2D eigenvalue weighted by atomic mass is 32.1. The molecule has 7 nitrogen and oxygen atoms in total. The molecule has 7 heterocycles. The Hall–Kier alpha value is -3.44. The van der Waals surface area contributed by atoms with Gasteiger partial charge in [-0.25, -0.2) is 4.99 Å². The minimum Gasteiger partial charge on any atom is -0.383 e. The number of nitriles is 1. The van der Waals surface area contributed by atoms with E-state index in [0.717, 1.165) is 66.2 Å². The number of fused-ring (bicyclic) bond motifs is 6. The number of ketones is 1. The van der Waals surface area contributed by atoms with E-state index in [-0.39, 0.29) is 5.78 Å². The number of carbonyl (C=O) groups excluding carboxylic acids is 1. The number of thiophene rings is 1. The molecule has 1 saturated heterocycles. The Labute approximate surface area is 195 Å². The lowest BCUT2D eigenvalue weighted by Gasteiger charge is -2.41. The van der Waals surface area contributed by atoms with Crippen LogP contribution in [0.3, 0.4) is 0 Å². The molecule has 164 valence electrons. The number of aromatic nitrogens is 1. The van der Waals surface area contributed by atoms with E-state index >= 15 is 0 Å². The first-order chi connectivity index (χ1) is 16.2. The molecule has 2 aromatic rings. The highest BCUT2D eigenvalue weighted by Crippen LogP contribution is 2.57. The molecule has 0 radical (unpaired) electrons. The SMILES string of the molecule is N#CC1=C2N=C(N)c3c(sc4c3C3CCN4CC3)N2C2=C(C(=O)CCC2)C1c1cccnc1. The van der Waals surface area contributed by atoms with Gasteiger partial charge in [-0.2, -0.15) is 5.26 Å². The van der Waals surface area contributed by atoms with E-state index in [9.17, 15) is 10.1 Å². The lowest BCUT2D eigenvalue weighted by atomic mass is 9.75. The zero-order valence-electron chi connectivity index (χ0n) is 18.0. The Bertz CT molecular complexity index is 1350. The number of hydrogen-bond acceptors (Lipinski definition) is 8. The van der Waals surface area contributed by atoms with Crippen LogP contribution in [-0.4, -0.2) is 29.7 Å². The third kappa shape index (κ3) is 2.46. The van der Waals surface area contributed by atoms with E-state index in [4.69, 9.17) is 10.7 Å². The van der Waals surface area contributed by atoms with Crippen LogP contribution >= 0.6 is 11.3 Å². The molecule has 2 bridgehead atoms. The lowest BCUT2D eigenvalue weighted by molar-refractivity contribution is -0.116. The topological polar surface area (TPSA) is 98.6 Å². The van der Waals surface area contributed by atoms with E-state index in [1.54, 1.807) is 23.7 Å². The van der Waals surface area contributed by atoms with Gasteiger partial charge in [0.25, 0.3) is 0 Å². The van der Waals surface area contributed by atoms with Gasteiger partial charge in [-0.15, -0.1) is 0 Å². The number of rotatable bonds is 1. The van der Waals surface area contributed by atoms with Crippen molar-refractivity contribution in [1.82, 2.24) is 4.98 Å². The first-order valence-electron chi connectivity index (χ1n) is 11.5. The van der Waals surface area contributed by atoms with Crippen LogP contribution in [-0.2, 0) is 4.79 Å². The summed E-state index contributed by atoms with van der Waals surface area (Å²) < 4.78 is 0. The predicted molar refractivity (Wildman–Crippen MR) is 127 cm³/mol. The number of piperidine rings is 1. The molecule has 8 rings (SSSR count). The van der Waals surface area contributed by atoms with Gasteiger partial charge in [-0.1, -0.05) is 17.4 Å². The summed E-state index contributed by atoms with van der Waals surface area (Å²) in [7, 11) is 0. The zero-order valence-corrected chi connectivity index (χ0v) is 18.9. The summed E-state index contributed by atoms with van der Waals surface area (Å²) in [6.07, 6.45) is 7.84. The van der Waals surface area contributed by atoms with Crippen LogP contribution in [0.15, 0.2) is 52.2 Å². The number of hydrogen-bond donors (Lipinski definition) is 1. The largest absolute Gasteiger partial charge is 0.383 e. The monoisotopic (exact) mass is 454 g/mol. The van der Waals surface area contributed by atoms with Crippen LogP contribution in [0.25, 0.3) is 0 Å². The number of nitrogens with two attached hydrogens (primary N) is 1. The molecule has 1 aliphatic carbocycles. The summed E-state index contributed by atoms with van der Waals surface area (Å²) in [6, 6.07) is 6.19. The Morgan fingerprint density at radius 2 is 2.06 bits per heavy atom. The maximum Gasteiger partial charge on any atom is 0.161 e. The summed E-state index contributed by atoms with van der Waals surface area (Å²) in [5, 5.41) is 12.6. The van der Waals surface area contributed by atoms with Crippen molar-refractivity contribution in [3.8, 4) is 6.07 Å². The molecule has 2 N–H and O–H groups in total. The van der Waals surface area contributed by atoms with E-state index < -0.39 is 5.92 Å². The third-order valence-electron chi connectivity index (χ3n) is 7.65. The normalized spacial score (nSPS) is 23.7. The molecule has 0 amide bonds. The molecule has 8 heteroatoms. The summed E-state index contributed by atoms with van der Waals surface area (Å²) in [4.78, 5) is 27.0. The lowest BCUT2D eigenvalue weighted by Crippen LogP contribution is -2.40. The number of nitrogens with zero attached hydrogens (tertiary/aromatic N) is 5. The second kappa shape index (κ2) is 6.78. The highest BCUT2D eigenvalue weighted by Gasteiger charge is 2.46. The molecule has 0 saturated carbocycles. The van der Waals surface area contributed by atoms with Gasteiger partial charge in [0.05, 0.1) is 28.1 Å². The summed E-state index contributed by atoms with van der Waals surface area (Å²) in [6.45, 7) is 2.16. The molecule has 6 aliphatic rings. The fourth-order valence-electron chi connectivity index (χ4n) is 6.23. The maximum absolute atomic E-state index is 13.3. The average Bonchev–Trinajstić information content (AvgIpc) is 3.28. The van der Waals surface area contributed by atoms with Gasteiger partial charge < -0.3 is 10.6 Å². The van der Waals surface area contributed by atoms with Crippen LogP contribution in [0, 0.1) is 11.3 Å². The first-order valence-corrected chi connectivity index (χ1v) is 12.4. The number of aliphatic imine (C=N–C) groups is 1. The zero-order chi connectivity index (χ0) is 22.3. The van der Waals surface area contributed by atoms with Crippen LogP contribution in [0.4, 0.5) is 10.0 Å². The van der Waals surface area contributed by atoms with Crippen molar-refractivity contribution in [2.45, 2.75) is 43.9 Å². The van der Waals surface area contributed by atoms with Crippen molar-refractivity contribution in [2.24, 2.45) is 10.7 Å². The van der Waals surface area contributed by atoms with Crippen LogP contribution < -0.4 is 15.5 Å². The molecule has 5 aliphatic heterocycles. The molecule has 2 aromatic heterocycles. The van der Waals surface area contributed by atoms with Crippen molar-refractivity contribution >= 4 is 33.0 Å². The molecule has 0 spiro atoms. The number of allylic oxidation sites excluding steroid dienone is 3. The minimum absolute atomic E-state index is 0.117. The maximum atomic E-state index is 13.3. The molecule has 1 unspecified atom stereocenters. The summed E-state index contributed by atoms with van der Waals surface area (Å²) in [5.74, 6) is 1.24. The highest BCUT2D eigenvalue weighted by molar-refractivity contribution is 7.21. The van der Waals surface area contributed by atoms with Gasteiger partial charge in [-0.05, 0) is 43.2 Å². The molecule has 33 heavy (non-hydrogen) atoms. The van der Waals surface area contributed by atoms with Gasteiger partial charge in [0, 0.05) is 48.7 Å². The van der Waals surface area contributed by atoms with Crippen molar-refractivity contribution in [3.63, 3.8) is 0 Å². The number of anilines is 2. The molecular weight excluding hydrogens is 432 g/mol. The Kier molecular flexibility index (Phi) is 3.92. The fourth-order valence-corrected chi connectivity index (χ4v) is 7.71. The van der Waals surface area contributed by atoms with Crippen LogP contribution in [0.5, 0.6) is 0 Å². The average molecular weight is 455 g/mol. The second-order valence-electron chi connectivity index (χ2n) is 9.30. The Balaban J connectivity index is 1.52. The fraction of sp³-hybridized carbons (Fsp3) is 0.360. The quantitative estimate of drug-likeness (QED) is 0.702. The van der Waals surface area contributed by atoms with E-state index in [2.05, 4.69) is 20.9 Å². The van der Waals surface area contributed by atoms with Crippen molar-refractivity contribution in [2.75, 3.05) is 22.9 Å². The van der Waals surface area contributed by atoms with Gasteiger partial charge in [-0.3, -0.25) is 14.7 Å². The molecule has 1 fully saturated rings. The number of Topliss-reactive ketones (excluding diaryl/α,β-unsaturated/α-hetero) is 1. The van der Waals surface area contributed by atoms with Crippen molar-refractivity contribution < 1.29 is 4.79 Å². The number of carbonyl (C=O) groups is 1. The van der Waals surface area contributed by atoms with Gasteiger partial charge in [0.2, 0.25) is 0 Å². The Morgan fingerprint density at radius 1 is 1.21 bits per heavy atom. The first kappa shape index (κ1) is 19.1. The summed E-state index contributed by atoms with van der Waals surface area (Å²) in [5.41, 5.74) is 12.0. The number of pyridine rings is 1. The Morgan fingerprint density at radius 3 is 2.82 bits per heavy atom. The summed E-state index contributed by atoms with van der Waals surface area (Å²) >= 11 is 1.75. The van der Waals surface area contributed by atoms with Gasteiger partial charge in [0.15, 0.2) is 11.6 Å². The standard InChI is InChI=1S/C25H22N6OS/c26-11-15-18(14-3-2-8-28-12-14)20-16(4-1-5-17(20)32)31-23(15)29-22(27)21-19-13-6-9-30(10-7-13)24(19)33-25(21)31/h2-3,8,12-13,18H,1,4-7,9-10H2,(H2,27,29). The minimum atomic E-state index is -0.453. The van der Waals surface area contributed by atoms with Crippen molar-refractivity contribution in [3.05, 3.63) is 63.9 Å². The van der Waals surface area contributed by atoms with E-state index in [1.807, 2.05) is 12.1 Å². The van der Waals surface area contributed by atoms with E-state index in [1.165, 1.54) is 10.6 Å². The smallest absolute Gasteiger partial charge is 0.161 e. The molecule has 1 atom stereocenters.